The summed E-state index contributed by atoms with van der Waals surface area (Å²) < 4.78 is 7.68. The average Bonchev–Trinajstić information content (AvgIpc) is 2.57. The molecular weight excluding hydrogens is 162 g/mol. The molecule has 1 aromatic rings. The molecule has 0 radical (unpaired) electrons. The molecule has 1 unspecified atom stereocenters. The fraction of sp³-hybridized carbons (Fsp3) is 0.636. The number of ether oxygens (including phenoxy) is 1. The number of aromatic nitrogens is 1. The maximum Gasteiger partial charge on any atom is 0.0676 e. The molecule has 0 aliphatic carbocycles. The summed E-state index contributed by atoms with van der Waals surface area (Å²) in [6.45, 7) is 8.09. The van der Waals surface area contributed by atoms with Crippen LogP contribution in [0.1, 0.15) is 26.8 Å². The molecule has 0 N–H and O–H groups in total. The molecule has 0 bridgehead atoms. The van der Waals surface area contributed by atoms with E-state index in [1.54, 1.807) is 0 Å². The van der Waals surface area contributed by atoms with Crippen molar-refractivity contribution < 1.29 is 4.74 Å². The van der Waals surface area contributed by atoms with E-state index in [1.165, 1.54) is 0 Å². The minimum Gasteiger partial charge on any atom is -0.380 e. The van der Waals surface area contributed by atoms with E-state index in [1.807, 2.05) is 6.92 Å². The summed E-state index contributed by atoms with van der Waals surface area (Å²) in [5, 5.41) is 0. The van der Waals surface area contributed by atoms with Gasteiger partial charge in [-0.1, -0.05) is 13.8 Å². The van der Waals surface area contributed by atoms with E-state index in [-0.39, 0.29) is 0 Å². The predicted octanol–water partition coefficient (Wildman–Crippen LogP) is 2.72. The summed E-state index contributed by atoms with van der Waals surface area (Å²) in [5.74, 6) is 0.610. The van der Waals surface area contributed by atoms with E-state index >= 15 is 0 Å². The van der Waals surface area contributed by atoms with E-state index in [0.29, 0.717) is 12.0 Å². The summed E-state index contributed by atoms with van der Waals surface area (Å²) >= 11 is 0. The fourth-order valence-electron chi connectivity index (χ4n) is 1.43. The van der Waals surface area contributed by atoms with Crippen LogP contribution in [0.25, 0.3) is 0 Å². The van der Waals surface area contributed by atoms with E-state index in [4.69, 9.17) is 4.74 Å². The summed E-state index contributed by atoms with van der Waals surface area (Å²) in [6.07, 6.45) is 4.20. The highest BCUT2D eigenvalue weighted by Gasteiger charge is 2.13. The van der Waals surface area contributed by atoms with Gasteiger partial charge in [-0.25, -0.2) is 0 Å². The van der Waals surface area contributed by atoms with Gasteiger partial charge in [0.05, 0.1) is 12.6 Å². The number of hydrogen-bond acceptors (Lipinski definition) is 1. The Morgan fingerprint density at radius 3 is 2.31 bits per heavy atom. The van der Waals surface area contributed by atoms with Gasteiger partial charge < -0.3 is 9.30 Å². The monoisotopic (exact) mass is 181 g/mol. The molecule has 1 rings (SSSR count). The van der Waals surface area contributed by atoms with Gasteiger partial charge in [0.25, 0.3) is 0 Å². The molecule has 2 heteroatoms. The molecule has 0 aliphatic heterocycles. The van der Waals surface area contributed by atoms with Gasteiger partial charge in [-0.05, 0) is 25.0 Å². The van der Waals surface area contributed by atoms with Crippen LogP contribution >= 0.6 is 0 Å². The Kier molecular flexibility index (Phi) is 4.03. The lowest BCUT2D eigenvalue weighted by Crippen LogP contribution is -2.19. The van der Waals surface area contributed by atoms with Gasteiger partial charge in [-0.2, -0.15) is 0 Å². The van der Waals surface area contributed by atoms with Gasteiger partial charge in [0.1, 0.15) is 0 Å². The molecule has 1 atom stereocenters. The third-order valence-electron chi connectivity index (χ3n) is 2.27. The van der Waals surface area contributed by atoms with Crippen molar-refractivity contribution in [3.8, 4) is 0 Å². The molecular formula is C11H19NO. The Morgan fingerprint density at radius 2 is 1.85 bits per heavy atom. The van der Waals surface area contributed by atoms with Crippen molar-refractivity contribution in [1.82, 2.24) is 4.57 Å². The van der Waals surface area contributed by atoms with Crippen LogP contribution in [0.5, 0.6) is 0 Å². The topological polar surface area (TPSA) is 14.2 Å². The van der Waals surface area contributed by atoms with Gasteiger partial charge in [-0.3, -0.25) is 0 Å². The molecule has 2 nitrogen and oxygen atoms in total. The second-order valence-corrected chi connectivity index (χ2v) is 3.60. The Hall–Kier alpha value is -0.760. The van der Waals surface area contributed by atoms with Crippen LogP contribution in [0.4, 0.5) is 0 Å². The van der Waals surface area contributed by atoms with Crippen LogP contribution in [-0.4, -0.2) is 17.8 Å². The van der Waals surface area contributed by atoms with Gasteiger partial charge in [0.15, 0.2) is 0 Å². The van der Waals surface area contributed by atoms with Crippen LogP contribution < -0.4 is 0 Å². The minimum atomic E-state index is 0.468. The normalized spacial score (nSPS) is 13.5. The van der Waals surface area contributed by atoms with Crippen molar-refractivity contribution in [2.24, 2.45) is 5.92 Å². The van der Waals surface area contributed by atoms with Crippen LogP contribution in [-0.2, 0) is 4.74 Å². The molecule has 0 aliphatic rings. The second kappa shape index (κ2) is 5.07. The molecule has 1 aromatic heterocycles. The SMILES string of the molecule is CCOCC(C(C)C)n1cccc1. The van der Waals surface area contributed by atoms with Gasteiger partial charge in [0, 0.05) is 19.0 Å². The van der Waals surface area contributed by atoms with Gasteiger partial charge in [0.2, 0.25) is 0 Å². The first-order valence-electron chi connectivity index (χ1n) is 4.96. The van der Waals surface area contributed by atoms with Gasteiger partial charge in [-0.15, -0.1) is 0 Å². The van der Waals surface area contributed by atoms with E-state index in [0.717, 1.165) is 13.2 Å². The molecule has 13 heavy (non-hydrogen) atoms. The zero-order valence-corrected chi connectivity index (χ0v) is 8.73. The standard InChI is InChI=1S/C11H19NO/c1-4-13-9-11(10(2)3)12-7-5-6-8-12/h5-8,10-11H,4,9H2,1-3H3. The van der Waals surface area contributed by atoms with Crippen molar-refractivity contribution in [2.75, 3.05) is 13.2 Å². The first-order chi connectivity index (χ1) is 6.25. The zero-order valence-electron chi connectivity index (χ0n) is 8.73. The highest BCUT2D eigenvalue weighted by Crippen LogP contribution is 2.17. The van der Waals surface area contributed by atoms with Crippen molar-refractivity contribution in [3.63, 3.8) is 0 Å². The second-order valence-electron chi connectivity index (χ2n) is 3.60. The lowest BCUT2D eigenvalue weighted by molar-refractivity contribution is 0.0966. The molecule has 0 amide bonds. The fourth-order valence-corrected chi connectivity index (χ4v) is 1.43. The molecule has 0 saturated heterocycles. The van der Waals surface area contributed by atoms with E-state index in [9.17, 15) is 0 Å². The maximum absolute atomic E-state index is 5.46. The van der Waals surface area contributed by atoms with Crippen molar-refractivity contribution in [3.05, 3.63) is 24.5 Å². The first-order valence-corrected chi connectivity index (χ1v) is 4.96. The summed E-state index contributed by atoms with van der Waals surface area (Å²) in [6, 6.07) is 4.58. The first kappa shape index (κ1) is 10.3. The average molecular weight is 181 g/mol. The lowest BCUT2D eigenvalue weighted by atomic mass is 10.1. The molecule has 0 fully saturated rings. The molecule has 0 aromatic carbocycles. The molecule has 74 valence electrons. The third kappa shape index (κ3) is 2.88. The summed E-state index contributed by atoms with van der Waals surface area (Å²) in [5.41, 5.74) is 0. The molecule has 0 saturated carbocycles. The number of hydrogen-bond donors (Lipinski definition) is 0. The highest BCUT2D eigenvalue weighted by atomic mass is 16.5. The predicted molar refractivity (Wildman–Crippen MR) is 54.8 cm³/mol. The highest BCUT2D eigenvalue weighted by molar-refractivity contribution is 4.93. The molecule has 0 spiro atoms. The number of nitrogens with zero attached hydrogens (tertiary/aromatic N) is 1. The van der Waals surface area contributed by atoms with Crippen LogP contribution in [0.2, 0.25) is 0 Å². The van der Waals surface area contributed by atoms with E-state index < -0.39 is 0 Å². The van der Waals surface area contributed by atoms with Gasteiger partial charge >= 0.3 is 0 Å². The van der Waals surface area contributed by atoms with E-state index in [2.05, 4.69) is 42.9 Å². The Bertz CT molecular complexity index is 216. The summed E-state index contributed by atoms with van der Waals surface area (Å²) in [7, 11) is 0. The smallest absolute Gasteiger partial charge is 0.0676 e. The Morgan fingerprint density at radius 1 is 1.23 bits per heavy atom. The van der Waals surface area contributed by atoms with Crippen LogP contribution in [0.15, 0.2) is 24.5 Å². The van der Waals surface area contributed by atoms with Crippen LogP contribution in [0.3, 0.4) is 0 Å². The lowest BCUT2D eigenvalue weighted by Gasteiger charge is -2.22. The van der Waals surface area contributed by atoms with Crippen molar-refractivity contribution >= 4 is 0 Å². The minimum absolute atomic E-state index is 0.468. The number of rotatable bonds is 5. The van der Waals surface area contributed by atoms with Crippen molar-refractivity contribution in [2.45, 2.75) is 26.8 Å². The largest absolute Gasteiger partial charge is 0.380 e. The zero-order chi connectivity index (χ0) is 9.68. The van der Waals surface area contributed by atoms with Crippen molar-refractivity contribution in [1.29, 1.82) is 0 Å². The molecule has 1 heterocycles. The third-order valence-corrected chi connectivity index (χ3v) is 2.27. The quantitative estimate of drug-likeness (QED) is 0.681. The Balaban J connectivity index is 2.58. The summed E-state index contributed by atoms with van der Waals surface area (Å²) in [4.78, 5) is 0. The van der Waals surface area contributed by atoms with Crippen LogP contribution in [0, 0.1) is 5.92 Å². The Labute approximate surface area is 80.5 Å². The maximum atomic E-state index is 5.46.